The summed E-state index contributed by atoms with van der Waals surface area (Å²) in [5.74, 6) is 0.733. The van der Waals surface area contributed by atoms with Crippen LogP contribution < -0.4 is 4.74 Å². The van der Waals surface area contributed by atoms with Crippen LogP contribution in [0.2, 0.25) is 0 Å². The molecule has 2 unspecified atom stereocenters. The van der Waals surface area contributed by atoms with Gasteiger partial charge in [0.15, 0.2) is 0 Å². The number of aryl methyl sites for hydroxylation is 2. The Balaban J connectivity index is 2.40. The summed E-state index contributed by atoms with van der Waals surface area (Å²) in [7, 11) is 0.338. The number of carbonyl (C=O) groups is 1. The van der Waals surface area contributed by atoms with Crippen LogP contribution in [0.5, 0.6) is 5.75 Å². The van der Waals surface area contributed by atoms with Gasteiger partial charge in [-0.3, -0.25) is 0 Å². The minimum absolute atomic E-state index is 0.337. The van der Waals surface area contributed by atoms with E-state index >= 15 is 0 Å². The second-order valence-corrected chi connectivity index (χ2v) is 7.42. The van der Waals surface area contributed by atoms with Crippen LogP contribution in [-0.2, 0) is 15.6 Å². The summed E-state index contributed by atoms with van der Waals surface area (Å²) in [6.07, 6.45) is 0.857. The zero-order valence-electron chi connectivity index (χ0n) is 12.6. The summed E-state index contributed by atoms with van der Waals surface area (Å²) in [6, 6.07) is 10.9. The predicted octanol–water partition coefficient (Wildman–Crippen LogP) is 4.11. The zero-order valence-corrected chi connectivity index (χ0v) is 15.0. The lowest BCUT2D eigenvalue weighted by molar-refractivity contribution is -0.107. The molecule has 0 fully saturated rings. The van der Waals surface area contributed by atoms with E-state index in [0.717, 1.165) is 38.5 Å². The van der Waals surface area contributed by atoms with E-state index < -0.39 is 10.8 Å². The molecule has 22 heavy (non-hydrogen) atoms. The molecule has 0 saturated heterocycles. The third kappa shape index (κ3) is 3.47. The number of aldehydes is 1. The molecule has 0 aromatic heterocycles. The van der Waals surface area contributed by atoms with Crippen LogP contribution in [-0.4, -0.2) is 17.6 Å². The van der Waals surface area contributed by atoms with Crippen LogP contribution in [0, 0.1) is 13.8 Å². The number of halogens is 1. The largest absolute Gasteiger partial charge is 0.497 e. The molecule has 0 spiro atoms. The van der Waals surface area contributed by atoms with E-state index in [4.69, 9.17) is 4.74 Å². The molecule has 0 aliphatic heterocycles. The highest BCUT2D eigenvalue weighted by Gasteiger charge is 2.16. The molecule has 0 aliphatic rings. The van der Waals surface area contributed by atoms with Crippen molar-refractivity contribution in [3.05, 3.63) is 53.1 Å². The first-order valence-corrected chi connectivity index (χ1v) is 8.80. The molecule has 0 N–H and O–H groups in total. The first-order chi connectivity index (χ1) is 10.5. The number of hydrogen-bond acceptors (Lipinski definition) is 3. The Hall–Kier alpha value is -1.46. The Kier molecular flexibility index (Phi) is 5.53. The monoisotopic (exact) mass is 380 g/mol. The molecule has 0 bridgehead atoms. The smallest absolute Gasteiger partial charge is 0.138 e. The van der Waals surface area contributed by atoms with Crippen molar-refractivity contribution >= 4 is 33.0 Å². The Morgan fingerprint density at radius 2 is 1.64 bits per heavy atom. The van der Waals surface area contributed by atoms with Gasteiger partial charge in [0.2, 0.25) is 0 Å². The second kappa shape index (κ2) is 7.20. The van der Waals surface area contributed by atoms with Crippen LogP contribution in [0.15, 0.2) is 46.2 Å². The van der Waals surface area contributed by atoms with E-state index in [1.165, 1.54) is 0 Å². The fourth-order valence-corrected chi connectivity index (χ4v) is 4.33. The number of methoxy groups -OCH3 is 1. The summed E-state index contributed by atoms with van der Waals surface area (Å²) < 4.78 is 17.8. The maximum absolute atomic E-state index is 12.7. The fourth-order valence-electron chi connectivity index (χ4n) is 2.38. The maximum Gasteiger partial charge on any atom is 0.138 e. The van der Waals surface area contributed by atoms with Crippen molar-refractivity contribution in [2.75, 3.05) is 7.11 Å². The van der Waals surface area contributed by atoms with Gasteiger partial charge in [0.05, 0.1) is 22.7 Å². The van der Waals surface area contributed by atoms with Gasteiger partial charge in [-0.25, -0.2) is 4.21 Å². The van der Waals surface area contributed by atoms with Crippen LogP contribution in [0.4, 0.5) is 0 Å². The standard InChI is InChI=1S/C17H17BrO3S/c1-11-8-15(9-12(2)17(11)16(18)10-19)22(20)14-6-4-13(21-3)5-7-14/h4-10,16H,1-3H3. The van der Waals surface area contributed by atoms with Crippen LogP contribution in [0.1, 0.15) is 21.5 Å². The predicted molar refractivity (Wildman–Crippen MR) is 91.3 cm³/mol. The fraction of sp³-hybridized carbons (Fsp3) is 0.235. The van der Waals surface area contributed by atoms with Crippen molar-refractivity contribution in [2.45, 2.75) is 28.5 Å². The summed E-state index contributed by atoms with van der Waals surface area (Å²) in [6.45, 7) is 3.85. The third-order valence-electron chi connectivity index (χ3n) is 3.45. The Morgan fingerprint density at radius 3 is 2.09 bits per heavy atom. The van der Waals surface area contributed by atoms with Gasteiger partial charge in [0.1, 0.15) is 12.0 Å². The number of ether oxygens (including phenoxy) is 1. The van der Waals surface area contributed by atoms with Gasteiger partial charge >= 0.3 is 0 Å². The number of benzene rings is 2. The topological polar surface area (TPSA) is 43.4 Å². The van der Waals surface area contributed by atoms with E-state index in [-0.39, 0.29) is 4.83 Å². The molecule has 2 aromatic rings. The summed E-state index contributed by atoms with van der Waals surface area (Å²) in [4.78, 5) is 12.1. The minimum Gasteiger partial charge on any atom is -0.497 e. The van der Waals surface area contributed by atoms with E-state index in [0.29, 0.717) is 0 Å². The lowest BCUT2D eigenvalue weighted by atomic mass is 10.0. The molecule has 0 heterocycles. The number of carbonyl (C=O) groups excluding carboxylic acids is 1. The van der Waals surface area contributed by atoms with Gasteiger partial charge in [-0.05, 0) is 66.9 Å². The molecule has 3 nitrogen and oxygen atoms in total. The molecular weight excluding hydrogens is 364 g/mol. The molecule has 0 aliphatic carbocycles. The third-order valence-corrected chi connectivity index (χ3v) is 5.49. The second-order valence-electron chi connectivity index (χ2n) is 4.95. The lowest BCUT2D eigenvalue weighted by Crippen LogP contribution is -2.02. The average molecular weight is 381 g/mol. The van der Waals surface area contributed by atoms with Gasteiger partial charge in [-0.1, -0.05) is 15.9 Å². The van der Waals surface area contributed by atoms with Crippen molar-refractivity contribution < 1.29 is 13.7 Å². The highest BCUT2D eigenvalue weighted by molar-refractivity contribution is 9.09. The molecule has 2 rings (SSSR count). The molecule has 5 heteroatoms. The van der Waals surface area contributed by atoms with Crippen molar-refractivity contribution in [2.24, 2.45) is 0 Å². The van der Waals surface area contributed by atoms with Crippen molar-refractivity contribution in [3.8, 4) is 5.75 Å². The molecular formula is C17H17BrO3S. The zero-order chi connectivity index (χ0) is 16.3. The van der Waals surface area contributed by atoms with Crippen molar-refractivity contribution in [1.29, 1.82) is 0 Å². The lowest BCUT2D eigenvalue weighted by Gasteiger charge is -2.14. The summed E-state index contributed by atoms with van der Waals surface area (Å²) in [5.41, 5.74) is 2.84. The quantitative estimate of drug-likeness (QED) is 0.578. The number of rotatable bonds is 5. The van der Waals surface area contributed by atoms with Gasteiger partial charge < -0.3 is 9.53 Å². The normalized spacial score (nSPS) is 13.5. The molecule has 116 valence electrons. The first-order valence-electron chi connectivity index (χ1n) is 6.74. The van der Waals surface area contributed by atoms with E-state index in [1.807, 2.05) is 26.0 Å². The Morgan fingerprint density at radius 1 is 1.09 bits per heavy atom. The number of alkyl halides is 1. The highest BCUT2D eigenvalue weighted by Crippen LogP contribution is 2.30. The Labute approximate surface area is 141 Å². The molecule has 0 radical (unpaired) electrons. The molecule has 2 atom stereocenters. The van der Waals surface area contributed by atoms with Crippen LogP contribution >= 0.6 is 15.9 Å². The van der Waals surface area contributed by atoms with Crippen molar-refractivity contribution in [3.63, 3.8) is 0 Å². The molecule has 2 aromatic carbocycles. The molecule has 0 saturated carbocycles. The Bertz CT molecular complexity index is 687. The van der Waals surface area contributed by atoms with E-state index in [1.54, 1.807) is 31.4 Å². The van der Waals surface area contributed by atoms with Gasteiger partial charge in [-0.15, -0.1) is 0 Å². The maximum atomic E-state index is 12.7. The van der Waals surface area contributed by atoms with Crippen LogP contribution in [0.25, 0.3) is 0 Å². The minimum atomic E-state index is -1.26. The average Bonchev–Trinajstić information content (AvgIpc) is 2.53. The summed E-state index contributed by atoms with van der Waals surface area (Å²) in [5, 5.41) is 0. The molecule has 0 amide bonds. The van der Waals surface area contributed by atoms with Crippen molar-refractivity contribution in [1.82, 2.24) is 0 Å². The van der Waals surface area contributed by atoms with E-state index in [2.05, 4.69) is 15.9 Å². The van der Waals surface area contributed by atoms with Gasteiger partial charge in [0.25, 0.3) is 0 Å². The highest BCUT2D eigenvalue weighted by atomic mass is 79.9. The first kappa shape index (κ1) is 16.9. The van der Waals surface area contributed by atoms with Gasteiger partial charge in [0, 0.05) is 9.79 Å². The van der Waals surface area contributed by atoms with Gasteiger partial charge in [-0.2, -0.15) is 0 Å². The SMILES string of the molecule is COc1ccc(S(=O)c2cc(C)c(C(Br)C=O)c(C)c2)cc1. The number of hydrogen-bond donors (Lipinski definition) is 0. The van der Waals surface area contributed by atoms with E-state index in [9.17, 15) is 9.00 Å². The summed E-state index contributed by atoms with van der Waals surface area (Å²) >= 11 is 3.35. The van der Waals surface area contributed by atoms with Crippen LogP contribution in [0.3, 0.4) is 0 Å².